The van der Waals surface area contributed by atoms with Crippen molar-refractivity contribution >= 4 is 17.4 Å². The van der Waals surface area contributed by atoms with Gasteiger partial charge in [0.25, 0.3) is 0 Å². The lowest BCUT2D eigenvalue weighted by Crippen LogP contribution is -2.10. The molecule has 1 aromatic carbocycles. The van der Waals surface area contributed by atoms with Gasteiger partial charge in [-0.1, -0.05) is 55.8 Å². The standard InChI is InChI=1S/C17H22ClN3/c1-12(2)16-20-15(18)13(3)17(21-16)19-11-7-10-14-8-5-4-6-9-14/h4-6,8-9,12H,7,10-11H2,1-3H3,(H,19,20,21). The summed E-state index contributed by atoms with van der Waals surface area (Å²) in [5, 5.41) is 3.92. The predicted molar refractivity (Wildman–Crippen MR) is 89.1 cm³/mol. The first-order valence-corrected chi connectivity index (χ1v) is 7.77. The van der Waals surface area contributed by atoms with Gasteiger partial charge >= 0.3 is 0 Å². The molecule has 0 unspecified atom stereocenters. The maximum atomic E-state index is 6.18. The van der Waals surface area contributed by atoms with Crippen molar-refractivity contribution in [3.8, 4) is 0 Å². The van der Waals surface area contributed by atoms with Crippen molar-refractivity contribution in [1.29, 1.82) is 0 Å². The summed E-state index contributed by atoms with van der Waals surface area (Å²) in [5.74, 6) is 1.91. The molecule has 0 fully saturated rings. The second-order valence-corrected chi connectivity index (χ2v) is 5.87. The first-order chi connectivity index (χ1) is 10.1. The van der Waals surface area contributed by atoms with E-state index in [9.17, 15) is 0 Å². The van der Waals surface area contributed by atoms with Crippen LogP contribution < -0.4 is 5.32 Å². The van der Waals surface area contributed by atoms with Crippen LogP contribution in [0.15, 0.2) is 30.3 Å². The zero-order valence-corrected chi connectivity index (χ0v) is 13.6. The van der Waals surface area contributed by atoms with Crippen LogP contribution >= 0.6 is 11.6 Å². The molecule has 0 amide bonds. The molecule has 21 heavy (non-hydrogen) atoms. The van der Waals surface area contributed by atoms with E-state index >= 15 is 0 Å². The Hall–Kier alpha value is -1.61. The summed E-state index contributed by atoms with van der Waals surface area (Å²) in [6, 6.07) is 10.5. The third-order valence-electron chi connectivity index (χ3n) is 3.40. The van der Waals surface area contributed by atoms with Gasteiger partial charge in [-0.25, -0.2) is 9.97 Å². The van der Waals surface area contributed by atoms with Crippen LogP contribution in [-0.2, 0) is 6.42 Å². The minimum Gasteiger partial charge on any atom is -0.370 e. The van der Waals surface area contributed by atoms with Gasteiger partial charge in [0.15, 0.2) is 0 Å². The fourth-order valence-electron chi connectivity index (χ4n) is 2.08. The lowest BCUT2D eigenvalue weighted by atomic mass is 10.1. The van der Waals surface area contributed by atoms with Crippen LogP contribution in [0, 0.1) is 6.92 Å². The van der Waals surface area contributed by atoms with E-state index in [0.717, 1.165) is 36.6 Å². The van der Waals surface area contributed by atoms with Gasteiger partial charge in [0.2, 0.25) is 0 Å². The van der Waals surface area contributed by atoms with E-state index in [1.165, 1.54) is 5.56 Å². The average molecular weight is 304 g/mol. The summed E-state index contributed by atoms with van der Waals surface area (Å²) in [7, 11) is 0. The number of nitrogens with zero attached hydrogens (tertiary/aromatic N) is 2. The Morgan fingerprint density at radius 3 is 2.52 bits per heavy atom. The number of rotatable bonds is 6. The highest BCUT2D eigenvalue weighted by Crippen LogP contribution is 2.22. The highest BCUT2D eigenvalue weighted by molar-refractivity contribution is 6.30. The van der Waals surface area contributed by atoms with Gasteiger partial charge < -0.3 is 5.32 Å². The summed E-state index contributed by atoms with van der Waals surface area (Å²) in [6.45, 7) is 6.97. The number of hydrogen-bond donors (Lipinski definition) is 1. The molecule has 2 aromatic rings. The Kier molecular flexibility index (Phi) is 5.57. The Morgan fingerprint density at radius 1 is 1.14 bits per heavy atom. The predicted octanol–water partition coefficient (Wildman–Crippen LogP) is 4.61. The van der Waals surface area contributed by atoms with Gasteiger partial charge in [-0.05, 0) is 25.3 Å². The normalized spacial score (nSPS) is 10.9. The minimum atomic E-state index is 0.271. The Labute approximate surface area is 131 Å². The summed E-state index contributed by atoms with van der Waals surface area (Å²) in [5.41, 5.74) is 2.28. The van der Waals surface area contributed by atoms with E-state index in [-0.39, 0.29) is 5.92 Å². The largest absolute Gasteiger partial charge is 0.370 e. The molecule has 0 spiro atoms. The van der Waals surface area contributed by atoms with Crippen molar-refractivity contribution in [2.45, 2.75) is 39.5 Å². The molecule has 0 atom stereocenters. The maximum Gasteiger partial charge on any atom is 0.137 e. The highest BCUT2D eigenvalue weighted by Gasteiger charge is 2.11. The number of anilines is 1. The molecule has 0 radical (unpaired) electrons. The molecule has 1 heterocycles. The molecule has 0 saturated carbocycles. The van der Waals surface area contributed by atoms with Crippen molar-refractivity contribution in [1.82, 2.24) is 9.97 Å². The van der Waals surface area contributed by atoms with Crippen molar-refractivity contribution in [3.05, 3.63) is 52.4 Å². The molecule has 112 valence electrons. The molecule has 0 aliphatic carbocycles. The average Bonchev–Trinajstić information content (AvgIpc) is 2.48. The number of halogens is 1. The lowest BCUT2D eigenvalue weighted by molar-refractivity contribution is 0.768. The second kappa shape index (κ2) is 7.41. The second-order valence-electron chi connectivity index (χ2n) is 5.52. The van der Waals surface area contributed by atoms with E-state index < -0.39 is 0 Å². The fraction of sp³-hybridized carbons (Fsp3) is 0.412. The molecule has 3 nitrogen and oxygen atoms in total. The molecule has 0 bridgehead atoms. The Morgan fingerprint density at radius 2 is 1.86 bits per heavy atom. The van der Waals surface area contributed by atoms with Crippen LogP contribution in [0.3, 0.4) is 0 Å². The SMILES string of the molecule is Cc1c(Cl)nc(C(C)C)nc1NCCCc1ccccc1. The molecule has 4 heteroatoms. The van der Waals surface area contributed by atoms with Gasteiger partial charge in [-0.3, -0.25) is 0 Å². The molecule has 1 aromatic heterocycles. The number of hydrogen-bond acceptors (Lipinski definition) is 3. The monoisotopic (exact) mass is 303 g/mol. The third kappa shape index (κ3) is 4.43. The highest BCUT2D eigenvalue weighted by atomic mass is 35.5. The Bertz CT molecular complexity index is 582. The van der Waals surface area contributed by atoms with Crippen molar-refractivity contribution in [2.24, 2.45) is 0 Å². The first kappa shape index (κ1) is 15.8. The molecule has 0 aliphatic heterocycles. The summed E-state index contributed by atoms with van der Waals surface area (Å²) < 4.78 is 0. The maximum absolute atomic E-state index is 6.18. The lowest BCUT2D eigenvalue weighted by Gasteiger charge is -2.13. The summed E-state index contributed by atoms with van der Waals surface area (Å²) >= 11 is 6.18. The summed E-state index contributed by atoms with van der Waals surface area (Å²) in [4.78, 5) is 8.89. The first-order valence-electron chi connectivity index (χ1n) is 7.39. The smallest absolute Gasteiger partial charge is 0.137 e. The summed E-state index contributed by atoms with van der Waals surface area (Å²) in [6.07, 6.45) is 2.12. The zero-order valence-electron chi connectivity index (χ0n) is 12.9. The molecular weight excluding hydrogens is 282 g/mol. The number of aromatic nitrogens is 2. The third-order valence-corrected chi connectivity index (χ3v) is 3.77. The van der Waals surface area contributed by atoms with Gasteiger partial charge in [0, 0.05) is 18.0 Å². The number of aryl methyl sites for hydroxylation is 1. The van der Waals surface area contributed by atoms with Gasteiger partial charge in [0.1, 0.15) is 16.8 Å². The quantitative estimate of drug-likeness (QED) is 0.625. The Balaban J connectivity index is 1.93. The van der Waals surface area contributed by atoms with Crippen LogP contribution in [0.25, 0.3) is 0 Å². The van der Waals surface area contributed by atoms with Gasteiger partial charge in [0.05, 0.1) is 0 Å². The van der Waals surface area contributed by atoms with E-state index in [2.05, 4.69) is 53.4 Å². The van der Waals surface area contributed by atoms with Crippen LogP contribution in [0.4, 0.5) is 5.82 Å². The minimum absolute atomic E-state index is 0.271. The molecule has 0 aliphatic rings. The number of benzene rings is 1. The molecule has 2 rings (SSSR count). The topological polar surface area (TPSA) is 37.8 Å². The molecule has 0 saturated heterocycles. The van der Waals surface area contributed by atoms with Crippen LogP contribution in [0.5, 0.6) is 0 Å². The van der Waals surface area contributed by atoms with Gasteiger partial charge in [-0.2, -0.15) is 0 Å². The van der Waals surface area contributed by atoms with E-state index in [1.807, 2.05) is 13.0 Å². The molecular formula is C17H22ClN3. The zero-order chi connectivity index (χ0) is 15.2. The van der Waals surface area contributed by atoms with Crippen LogP contribution in [-0.4, -0.2) is 16.5 Å². The van der Waals surface area contributed by atoms with E-state index in [4.69, 9.17) is 11.6 Å². The van der Waals surface area contributed by atoms with Crippen LogP contribution in [0.1, 0.15) is 43.1 Å². The van der Waals surface area contributed by atoms with Crippen molar-refractivity contribution in [3.63, 3.8) is 0 Å². The van der Waals surface area contributed by atoms with Crippen molar-refractivity contribution in [2.75, 3.05) is 11.9 Å². The molecule has 1 N–H and O–H groups in total. The fourth-order valence-corrected chi connectivity index (χ4v) is 2.26. The van der Waals surface area contributed by atoms with E-state index in [1.54, 1.807) is 0 Å². The van der Waals surface area contributed by atoms with Gasteiger partial charge in [-0.15, -0.1) is 0 Å². The van der Waals surface area contributed by atoms with E-state index in [0.29, 0.717) is 5.15 Å². The van der Waals surface area contributed by atoms with Crippen molar-refractivity contribution < 1.29 is 0 Å². The number of nitrogens with one attached hydrogen (secondary N) is 1. The van der Waals surface area contributed by atoms with Crippen LogP contribution in [0.2, 0.25) is 5.15 Å².